The summed E-state index contributed by atoms with van der Waals surface area (Å²) in [6.45, 7) is 2.53. The fourth-order valence-corrected chi connectivity index (χ4v) is 2.25. The van der Waals surface area contributed by atoms with Crippen LogP contribution in [0.1, 0.15) is 6.92 Å². The topological polar surface area (TPSA) is 50.8 Å². The van der Waals surface area contributed by atoms with Crippen molar-refractivity contribution in [3.05, 3.63) is 40.5 Å². The molecule has 3 aromatic rings. The molecule has 1 N–H and O–H groups in total. The van der Waals surface area contributed by atoms with Crippen molar-refractivity contribution in [1.29, 1.82) is 0 Å². The van der Waals surface area contributed by atoms with Gasteiger partial charge in [-0.3, -0.25) is 0 Å². The quantitative estimate of drug-likeness (QED) is 0.733. The lowest BCUT2D eigenvalue weighted by Crippen LogP contribution is -1.94. The van der Waals surface area contributed by atoms with Crippen LogP contribution in [-0.4, -0.2) is 21.6 Å². The van der Waals surface area contributed by atoms with Crippen LogP contribution in [0.5, 0.6) is 5.75 Å². The number of H-pyrrole nitrogens is 1. The second-order valence-corrected chi connectivity index (χ2v) is 4.91. The average Bonchev–Trinajstić information content (AvgIpc) is 2.83. The molecule has 0 saturated heterocycles. The Kier molecular flexibility index (Phi) is 3.51. The molecule has 0 bridgehead atoms. The van der Waals surface area contributed by atoms with Gasteiger partial charge in [-0.15, -0.1) is 0 Å². The minimum Gasteiger partial charge on any atom is -0.493 e. The number of para-hydroxylation sites is 1. The number of rotatable bonds is 3. The molecule has 0 saturated carbocycles. The molecular formula is C14H11Cl2N3O. The Bertz CT molecular complexity index is 731. The van der Waals surface area contributed by atoms with Crippen LogP contribution in [0.2, 0.25) is 10.2 Å². The molecular weight excluding hydrogens is 297 g/mol. The van der Waals surface area contributed by atoms with Gasteiger partial charge in [0.25, 0.3) is 0 Å². The number of ether oxygens (including phenoxy) is 1. The van der Waals surface area contributed by atoms with Crippen LogP contribution < -0.4 is 4.74 Å². The zero-order chi connectivity index (χ0) is 14.1. The number of hydrogen-bond donors (Lipinski definition) is 1. The number of benzene rings is 1. The van der Waals surface area contributed by atoms with Gasteiger partial charge < -0.3 is 9.72 Å². The maximum Gasteiger partial charge on any atom is 0.179 e. The van der Waals surface area contributed by atoms with Crippen molar-refractivity contribution >= 4 is 34.4 Å². The Balaban J connectivity index is 2.15. The number of imidazole rings is 1. The van der Waals surface area contributed by atoms with Crippen molar-refractivity contribution in [2.24, 2.45) is 0 Å². The summed E-state index contributed by atoms with van der Waals surface area (Å²) in [7, 11) is 0. The minimum absolute atomic E-state index is 0.246. The number of pyridine rings is 1. The van der Waals surface area contributed by atoms with Gasteiger partial charge in [0.2, 0.25) is 0 Å². The third-order valence-corrected chi connectivity index (χ3v) is 3.50. The van der Waals surface area contributed by atoms with Crippen molar-refractivity contribution in [2.45, 2.75) is 6.92 Å². The highest BCUT2D eigenvalue weighted by Gasteiger charge is 2.12. The van der Waals surface area contributed by atoms with Crippen LogP contribution in [0.25, 0.3) is 22.6 Å². The van der Waals surface area contributed by atoms with E-state index < -0.39 is 0 Å². The number of hydrogen-bond acceptors (Lipinski definition) is 3. The fraction of sp³-hybridized carbons (Fsp3) is 0.143. The lowest BCUT2D eigenvalue weighted by Gasteiger charge is -2.07. The normalized spacial score (nSPS) is 10.9. The minimum atomic E-state index is 0.246. The Labute approximate surface area is 125 Å². The summed E-state index contributed by atoms with van der Waals surface area (Å²) < 4.78 is 5.60. The van der Waals surface area contributed by atoms with E-state index in [1.165, 1.54) is 0 Å². The molecule has 102 valence electrons. The Hall–Kier alpha value is -1.78. The molecule has 20 heavy (non-hydrogen) atoms. The summed E-state index contributed by atoms with van der Waals surface area (Å²) in [6.07, 6.45) is 0. The first-order valence-corrected chi connectivity index (χ1v) is 6.88. The smallest absolute Gasteiger partial charge is 0.179 e. The highest BCUT2D eigenvalue weighted by Crippen LogP contribution is 2.30. The predicted molar refractivity (Wildman–Crippen MR) is 80.5 cm³/mol. The molecule has 0 spiro atoms. The molecule has 1 aromatic carbocycles. The highest BCUT2D eigenvalue weighted by atomic mass is 35.5. The van der Waals surface area contributed by atoms with E-state index in [0.29, 0.717) is 23.1 Å². The fourth-order valence-electron chi connectivity index (χ4n) is 1.97. The molecule has 0 aliphatic heterocycles. The lowest BCUT2D eigenvalue weighted by molar-refractivity contribution is 0.341. The third kappa shape index (κ3) is 2.32. The molecule has 6 heteroatoms. The van der Waals surface area contributed by atoms with Gasteiger partial charge in [-0.05, 0) is 25.1 Å². The van der Waals surface area contributed by atoms with Crippen LogP contribution in [0.4, 0.5) is 0 Å². The predicted octanol–water partition coefficient (Wildman–Crippen LogP) is 4.33. The van der Waals surface area contributed by atoms with Gasteiger partial charge in [0.15, 0.2) is 5.65 Å². The van der Waals surface area contributed by atoms with Gasteiger partial charge in [-0.2, -0.15) is 0 Å². The van der Waals surface area contributed by atoms with E-state index in [1.54, 1.807) is 6.07 Å². The number of nitrogens with one attached hydrogen (secondary N) is 1. The highest BCUT2D eigenvalue weighted by molar-refractivity contribution is 6.41. The van der Waals surface area contributed by atoms with E-state index in [2.05, 4.69) is 15.0 Å². The van der Waals surface area contributed by atoms with Gasteiger partial charge in [-0.1, -0.05) is 35.3 Å². The van der Waals surface area contributed by atoms with Crippen LogP contribution >= 0.6 is 23.2 Å². The summed E-state index contributed by atoms with van der Waals surface area (Å²) >= 11 is 11.9. The van der Waals surface area contributed by atoms with Gasteiger partial charge >= 0.3 is 0 Å². The van der Waals surface area contributed by atoms with Gasteiger partial charge in [0.05, 0.1) is 22.7 Å². The molecule has 0 aliphatic rings. The van der Waals surface area contributed by atoms with Gasteiger partial charge in [0.1, 0.15) is 16.7 Å². The van der Waals surface area contributed by atoms with Crippen molar-refractivity contribution in [2.75, 3.05) is 6.61 Å². The van der Waals surface area contributed by atoms with E-state index in [-0.39, 0.29) is 5.15 Å². The molecule has 0 atom stereocenters. The molecule has 0 aliphatic carbocycles. The number of nitrogens with zero attached hydrogens (tertiary/aromatic N) is 2. The SMILES string of the molecule is CCOc1ccccc1-c1nc2nc(Cl)c(Cl)cc2[nH]1. The standard InChI is InChI=1S/C14H11Cl2N3O/c1-2-20-11-6-4-3-5-8(11)13-17-10-7-9(15)12(16)18-14(10)19-13/h3-7H,2H2,1H3,(H,17,18,19). The van der Waals surface area contributed by atoms with Crippen molar-refractivity contribution < 1.29 is 4.74 Å². The molecule has 2 aromatic heterocycles. The lowest BCUT2D eigenvalue weighted by atomic mass is 10.2. The van der Waals surface area contributed by atoms with Crippen LogP contribution in [0.3, 0.4) is 0 Å². The zero-order valence-corrected chi connectivity index (χ0v) is 12.2. The molecule has 0 fully saturated rings. The van der Waals surface area contributed by atoms with Crippen molar-refractivity contribution in [1.82, 2.24) is 15.0 Å². The summed E-state index contributed by atoms with van der Waals surface area (Å²) in [4.78, 5) is 11.8. The first-order chi connectivity index (χ1) is 9.69. The Morgan fingerprint density at radius 2 is 2.00 bits per heavy atom. The second-order valence-electron chi connectivity index (χ2n) is 4.15. The van der Waals surface area contributed by atoms with Crippen molar-refractivity contribution in [3.8, 4) is 17.1 Å². The van der Waals surface area contributed by atoms with Crippen LogP contribution in [-0.2, 0) is 0 Å². The van der Waals surface area contributed by atoms with E-state index >= 15 is 0 Å². The molecule has 0 radical (unpaired) electrons. The Morgan fingerprint density at radius 3 is 2.80 bits per heavy atom. The first-order valence-electron chi connectivity index (χ1n) is 6.13. The summed E-state index contributed by atoms with van der Waals surface area (Å²) in [6, 6.07) is 9.40. The zero-order valence-electron chi connectivity index (χ0n) is 10.7. The van der Waals surface area contributed by atoms with E-state index in [4.69, 9.17) is 27.9 Å². The van der Waals surface area contributed by atoms with Crippen molar-refractivity contribution in [3.63, 3.8) is 0 Å². The molecule has 3 rings (SSSR count). The number of fused-ring (bicyclic) bond motifs is 1. The summed E-state index contributed by atoms with van der Waals surface area (Å²) in [5.74, 6) is 1.45. The number of halogens is 2. The summed E-state index contributed by atoms with van der Waals surface area (Å²) in [5, 5.41) is 0.641. The van der Waals surface area contributed by atoms with Crippen LogP contribution in [0, 0.1) is 0 Å². The monoisotopic (exact) mass is 307 g/mol. The van der Waals surface area contributed by atoms with Gasteiger partial charge in [0, 0.05) is 0 Å². The maximum atomic E-state index is 5.96. The molecule has 4 nitrogen and oxygen atoms in total. The largest absolute Gasteiger partial charge is 0.493 e. The molecule has 0 amide bonds. The Morgan fingerprint density at radius 1 is 1.20 bits per heavy atom. The van der Waals surface area contributed by atoms with E-state index in [9.17, 15) is 0 Å². The van der Waals surface area contributed by atoms with E-state index in [1.807, 2.05) is 31.2 Å². The van der Waals surface area contributed by atoms with Gasteiger partial charge in [-0.25, -0.2) is 9.97 Å². The maximum absolute atomic E-state index is 5.96. The summed E-state index contributed by atoms with van der Waals surface area (Å²) in [5.41, 5.74) is 2.14. The molecule has 2 heterocycles. The van der Waals surface area contributed by atoms with E-state index in [0.717, 1.165) is 16.8 Å². The number of aromatic nitrogens is 3. The molecule has 0 unspecified atom stereocenters. The average molecular weight is 308 g/mol. The van der Waals surface area contributed by atoms with Crippen LogP contribution in [0.15, 0.2) is 30.3 Å². The number of aromatic amines is 1. The second kappa shape index (κ2) is 5.31. The third-order valence-electron chi connectivity index (χ3n) is 2.83. The first kappa shape index (κ1) is 13.2.